The summed E-state index contributed by atoms with van der Waals surface area (Å²) in [6.07, 6.45) is 0. The minimum Gasteiger partial charge on any atom is 0 e. The minimum absolute atomic E-state index is 0. The summed E-state index contributed by atoms with van der Waals surface area (Å²) in [7, 11) is 0. The van der Waals surface area contributed by atoms with Crippen molar-refractivity contribution in [3.8, 4) is 0 Å². The molecule has 5 heteroatoms. The second-order valence-corrected chi connectivity index (χ2v) is 0. The molecule has 0 unspecified atom stereocenters. The molecule has 0 N–H and O–H groups in total. The first-order valence-electron chi connectivity index (χ1n) is 0.408. The molecule has 5 heavy (non-hydrogen) atoms. The van der Waals surface area contributed by atoms with Crippen molar-refractivity contribution in [1.82, 2.24) is 0 Å². The fourth-order valence-electron chi connectivity index (χ4n) is 0. The molecule has 0 fully saturated rings. The van der Waals surface area contributed by atoms with Crippen molar-refractivity contribution >= 4 is 45.0 Å². The first-order valence-corrected chi connectivity index (χ1v) is 2.74. The number of hydrogen-bond acceptors (Lipinski definition) is 2. The van der Waals surface area contributed by atoms with Gasteiger partial charge < -0.3 is 0 Å². The van der Waals surface area contributed by atoms with Gasteiger partial charge in [0.25, 0.3) is 0 Å². The molecule has 0 rings (SSSR count). The fourth-order valence-corrected chi connectivity index (χ4v) is 0. The standard InChI is InChI=1S/2O.Pt.2Sn. The normalized spacial score (nSPS) is 1.60. The SMILES string of the molecule is [O]=[Sn].[O]=[Sn].[Pt]. The molecule has 2 nitrogen and oxygen atoms in total. The third-order valence-electron chi connectivity index (χ3n) is 0. The van der Waals surface area contributed by atoms with Crippen LogP contribution in [-0.4, -0.2) is 45.0 Å². The van der Waals surface area contributed by atoms with Crippen LogP contribution in [0.15, 0.2) is 0 Å². The Balaban J connectivity index is -0.0000000133. The Morgan fingerprint density at radius 2 is 0.800 bits per heavy atom. The van der Waals surface area contributed by atoms with Gasteiger partial charge in [0, 0.05) is 21.1 Å². The van der Waals surface area contributed by atoms with E-state index in [1.165, 1.54) is 0 Å². The molecule has 0 saturated carbocycles. The second-order valence-electron chi connectivity index (χ2n) is 0. The van der Waals surface area contributed by atoms with Crippen LogP contribution in [-0.2, 0) is 27.2 Å². The summed E-state index contributed by atoms with van der Waals surface area (Å²) >= 11 is 0.600. The Morgan fingerprint density at radius 3 is 0.800 bits per heavy atom. The minimum atomic E-state index is 0. The predicted octanol–water partition coefficient (Wildman–Crippen LogP) is -1.00. The maximum absolute atomic E-state index is 8.34. The first kappa shape index (κ1) is 15.8. The van der Waals surface area contributed by atoms with E-state index < -0.39 is 0 Å². The van der Waals surface area contributed by atoms with E-state index in [-0.39, 0.29) is 21.1 Å². The average Bonchev–Trinajstić information content (AvgIpc) is 1.50. The predicted molar refractivity (Wildman–Crippen MR) is 12.9 cm³/mol. The second kappa shape index (κ2) is 39.5. The monoisotopic (exact) mass is 467 g/mol. The summed E-state index contributed by atoms with van der Waals surface area (Å²) in [6, 6.07) is 0. The van der Waals surface area contributed by atoms with Crippen molar-refractivity contribution in [2.75, 3.05) is 0 Å². The number of hydrogen-bond donors (Lipinski definition) is 0. The molecule has 0 aromatic rings. The fraction of sp³-hybridized carbons (Fsp3) is 0. The van der Waals surface area contributed by atoms with Crippen LogP contribution in [0.25, 0.3) is 0 Å². The zero-order valence-electron chi connectivity index (χ0n) is 2.13. The zero-order chi connectivity index (χ0) is 4.00. The van der Waals surface area contributed by atoms with Gasteiger partial charge in [-0.1, -0.05) is 0 Å². The quantitative estimate of drug-likeness (QED) is 0.431. The average molecular weight is 464 g/mol. The molecule has 0 spiro atoms. The van der Waals surface area contributed by atoms with E-state index in [0.717, 1.165) is 0 Å². The molecule has 0 amide bonds. The Hall–Kier alpha value is 1.89. The molecule has 0 aliphatic heterocycles. The van der Waals surface area contributed by atoms with Crippen molar-refractivity contribution in [3.63, 3.8) is 0 Å². The molecule has 0 bridgehead atoms. The van der Waals surface area contributed by atoms with E-state index in [4.69, 9.17) is 6.15 Å². The van der Waals surface area contributed by atoms with Gasteiger partial charge in [0.05, 0.1) is 0 Å². The third-order valence-corrected chi connectivity index (χ3v) is 0. The van der Waals surface area contributed by atoms with Crippen molar-refractivity contribution in [2.45, 2.75) is 0 Å². The van der Waals surface area contributed by atoms with Crippen molar-refractivity contribution in [1.29, 1.82) is 0 Å². The van der Waals surface area contributed by atoms with Crippen LogP contribution in [0.2, 0.25) is 0 Å². The molecular weight excluding hydrogens is 464 g/mol. The maximum Gasteiger partial charge on any atom is 0 e. The Morgan fingerprint density at radius 1 is 0.800 bits per heavy atom. The molecule has 0 saturated heterocycles. The van der Waals surface area contributed by atoms with Crippen molar-refractivity contribution in [2.24, 2.45) is 0 Å². The van der Waals surface area contributed by atoms with Gasteiger partial charge in [-0.05, 0) is 0 Å². The van der Waals surface area contributed by atoms with E-state index in [1.807, 2.05) is 0 Å². The van der Waals surface area contributed by atoms with Crippen LogP contribution < -0.4 is 0 Å². The number of rotatable bonds is 0. The summed E-state index contributed by atoms with van der Waals surface area (Å²) in [4.78, 5) is 0. The summed E-state index contributed by atoms with van der Waals surface area (Å²) in [5.74, 6) is 0. The van der Waals surface area contributed by atoms with E-state index >= 15 is 0 Å². The van der Waals surface area contributed by atoms with Gasteiger partial charge in [0.2, 0.25) is 0 Å². The van der Waals surface area contributed by atoms with Crippen LogP contribution in [0, 0.1) is 0 Å². The van der Waals surface area contributed by atoms with Gasteiger partial charge in [0.15, 0.2) is 0 Å². The van der Waals surface area contributed by atoms with Crippen molar-refractivity contribution < 1.29 is 27.2 Å². The van der Waals surface area contributed by atoms with Crippen LogP contribution in [0.1, 0.15) is 0 Å². The van der Waals surface area contributed by atoms with Crippen LogP contribution in [0.3, 0.4) is 0 Å². The topological polar surface area (TPSA) is 34.1 Å². The Bertz CT molecular complexity index is 9.61. The van der Waals surface area contributed by atoms with Crippen LogP contribution in [0.5, 0.6) is 0 Å². The molecular formula is O2PtSn2. The van der Waals surface area contributed by atoms with E-state index in [9.17, 15) is 0 Å². The Labute approximate surface area is 71.3 Å². The molecule has 0 heterocycles. The molecule has 4 radical (unpaired) electrons. The van der Waals surface area contributed by atoms with Gasteiger partial charge >= 0.3 is 51.2 Å². The van der Waals surface area contributed by atoms with Gasteiger partial charge in [-0.3, -0.25) is 0 Å². The smallest absolute Gasteiger partial charge is 0 e. The zero-order valence-corrected chi connectivity index (χ0v) is 10.1. The summed E-state index contributed by atoms with van der Waals surface area (Å²) in [6.45, 7) is 0. The largest absolute Gasteiger partial charge is 0 e. The van der Waals surface area contributed by atoms with Crippen LogP contribution >= 0.6 is 0 Å². The van der Waals surface area contributed by atoms with E-state index in [1.54, 1.807) is 0 Å². The maximum atomic E-state index is 8.34. The molecule has 0 aliphatic carbocycles. The van der Waals surface area contributed by atoms with Gasteiger partial charge in [-0.25, -0.2) is 0 Å². The van der Waals surface area contributed by atoms with Crippen molar-refractivity contribution in [3.05, 3.63) is 0 Å². The molecule has 0 aromatic heterocycles. The van der Waals surface area contributed by atoms with Crippen LogP contribution in [0.4, 0.5) is 0 Å². The van der Waals surface area contributed by atoms with E-state index in [2.05, 4.69) is 0 Å². The van der Waals surface area contributed by atoms with E-state index in [0.29, 0.717) is 45.0 Å². The molecule has 0 atom stereocenters. The summed E-state index contributed by atoms with van der Waals surface area (Å²) in [5, 5.41) is 0. The Kier molecular flexibility index (Phi) is 125. The van der Waals surface area contributed by atoms with Gasteiger partial charge in [0.1, 0.15) is 0 Å². The molecule has 0 aliphatic rings. The molecule has 0 aromatic carbocycles. The van der Waals surface area contributed by atoms with Gasteiger partial charge in [-0.2, -0.15) is 0 Å². The third kappa shape index (κ3) is 25.0. The molecule has 30 valence electrons. The van der Waals surface area contributed by atoms with Gasteiger partial charge in [-0.15, -0.1) is 0 Å². The summed E-state index contributed by atoms with van der Waals surface area (Å²) in [5.41, 5.74) is 0. The summed E-state index contributed by atoms with van der Waals surface area (Å²) < 4.78 is 16.7. The first-order chi connectivity index (χ1) is 2.00.